The summed E-state index contributed by atoms with van der Waals surface area (Å²) in [6.45, 7) is 2.49. The second kappa shape index (κ2) is 5.99. The summed E-state index contributed by atoms with van der Waals surface area (Å²) in [6.07, 6.45) is 9.64. The van der Waals surface area contributed by atoms with E-state index in [2.05, 4.69) is 65.1 Å². The molecule has 0 N–H and O–H groups in total. The fraction of sp³-hybridized carbons (Fsp3) is 0.318. The van der Waals surface area contributed by atoms with Gasteiger partial charge in [0.1, 0.15) is 11.7 Å². The van der Waals surface area contributed by atoms with E-state index in [4.69, 9.17) is 0 Å². The molecule has 126 valence electrons. The first kappa shape index (κ1) is 15.2. The van der Waals surface area contributed by atoms with Crippen LogP contribution in [0.25, 0.3) is 22.4 Å². The number of anilines is 1. The molecule has 0 aliphatic carbocycles. The lowest BCUT2D eigenvalue weighted by Crippen LogP contribution is -2.34. The molecular formula is C22H23N2S+. The van der Waals surface area contributed by atoms with E-state index in [1.54, 1.807) is 16.8 Å². The van der Waals surface area contributed by atoms with E-state index in [1.807, 2.05) is 11.3 Å². The SMILES string of the molecule is C[n+]1c(C=Cc2cc3c4c(c2)CCCN4CCC3)sc2ccccc21. The van der Waals surface area contributed by atoms with Crippen LogP contribution >= 0.6 is 11.3 Å². The number of aryl methyl sites for hydroxylation is 3. The van der Waals surface area contributed by atoms with Gasteiger partial charge in [0, 0.05) is 30.9 Å². The Morgan fingerprint density at radius 3 is 2.44 bits per heavy atom. The van der Waals surface area contributed by atoms with Gasteiger partial charge in [0.15, 0.2) is 0 Å². The molecule has 0 amide bonds. The van der Waals surface area contributed by atoms with Gasteiger partial charge in [0.05, 0.1) is 0 Å². The number of hydrogen-bond acceptors (Lipinski definition) is 2. The summed E-state index contributed by atoms with van der Waals surface area (Å²) in [5.74, 6) is 0. The van der Waals surface area contributed by atoms with Crippen molar-refractivity contribution in [3.05, 3.63) is 58.1 Å². The van der Waals surface area contributed by atoms with Crippen LogP contribution in [0, 0.1) is 0 Å². The molecule has 2 aromatic carbocycles. The quantitative estimate of drug-likeness (QED) is 0.615. The van der Waals surface area contributed by atoms with Crippen LogP contribution in [-0.2, 0) is 19.9 Å². The molecule has 0 fully saturated rings. The smallest absolute Gasteiger partial charge is 0.262 e. The molecule has 5 rings (SSSR count). The predicted molar refractivity (Wildman–Crippen MR) is 107 cm³/mol. The number of hydrogen-bond donors (Lipinski definition) is 0. The molecule has 2 aliphatic heterocycles. The Balaban J connectivity index is 1.53. The van der Waals surface area contributed by atoms with Crippen LogP contribution in [0.2, 0.25) is 0 Å². The Bertz CT molecular complexity index is 952. The van der Waals surface area contributed by atoms with Crippen molar-refractivity contribution < 1.29 is 4.57 Å². The largest absolute Gasteiger partial charge is 0.371 e. The Labute approximate surface area is 153 Å². The van der Waals surface area contributed by atoms with Crippen LogP contribution in [0.5, 0.6) is 0 Å². The van der Waals surface area contributed by atoms with Crippen molar-refractivity contribution in [3.8, 4) is 0 Å². The molecular weight excluding hydrogens is 324 g/mol. The molecule has 25 heavy (non-hydrogen) atoms. The molecule has 0 saturated heterocycles. The molecule has 2 aliphatic rings. The van der Waals surface area contributed by atoms with Crippen LogP contribution < -0.4 is 9.47 Å². The minimum Gasteiger partial charge on any atom is -0.371 e. The van der Waals surface area contributed by atoms with Gasteiger partial charge in [-0.05, 0) is 66.6 Å². The predicted octanol–water partition coefficient (Wildman–Crippen LogP) is 4.60. The van der Waals surface area contributed by atoms with Crippen molar-refractivity contribution >= 4 is 39.4 Å². The highest BCUT2D eigenvalue weighted by molar-refractivity contribution is 7.18. The maximum absolute atomic E-state index is 2.61. The highest BCUT2D eigenvalue weighted by atomic mass is 32.1. The molecule has 0 atom stereocenters. The highest BCUT2D eigenvalue weighted by Crippen LogP contribution is 2.36. The lowest BCUT2D eigenvalue weighted by Gasteiger charge is -2.37. The van der Waals surface area contributed by atoms with Crippen LogP contribution in [0.1, 0.15) is 34.5 Å². The minimum atomic E-state index is 1.23. The van der Waals surface area contributed by atoms with Crippen molar-refractivity contribution in [1.29, 1.82) is 0 Å². The zero-order chi connectivity index (χ0) is 16.8. The van der Waals surface area contributed by atoms with Crippen LogP contribution in [0.3, 0.4) is 0 Å². The first-order valence-corrected chi connectivity index (χ1v) is 10.1. The Kier molecular flexibility index (Phi) is 3.63. The van der Waals surface area contributed by atoms with E-state index in [0.29, 0.717) is 0 Å². The summed E-state index contributed by atoms with van der Waals surface area (Å²) in [7, 11) is 2.16. The van der Waals surface area contributed by atoms with E-state index in [-0.39, 0.29) is 0 Å². The van der Waals surface area contributed by atoms with Gasteiger partial charge >= 0.3 is 0 Å². The molecule has 1 aromatic heterocycles. The van der Waals surface area contributed by atoms with E-state index >= 15 is 0 Å². The molecule has 0 saturated carbocycles. The van der Waals surface area contributed by atoms with Crippen molar-refractivity contribution in [1.82, 2.24) is 0 Å². The molecule has 0 unspecified atom stereocenters. The molecule has 0 bridgehead atoms. The van der Waals surface area contributed by atoms with Crippen LogP contribution in [0.15, 0.2) is 36.4 Å². The standard InChI is InChI=1S/C22H23N2S/c1-23-19-8-2-3-9-20(19)25-21(23)11-10-16-14-17-6-4-12-24-13-5-7-18(15-16)22(17)24/h2-3,8-11,14-15H,4-7,12-13H2,1H3/q+1. The number of benzene rings is 2. The molecule has 0 spiro atoms. The lowest BCUT2D eigenvalue weighted by atomic mass is 9.90. The number of aromatic nitrogens is 1. The number of para-hydroxylation sites is 1. The fourth-order valence-electron chi connectivity index (χ4n) is 4.36. The van der Waals surface area contributed by atoms with E-state index in [9.17, 15) is 0 Å². The van der Waals surface area contributed by atoms with Gasteiger partial charge in [-0.1, -0.05) is 23.5 Å². The van der Waals surface area contributed by atoms with Crippen LogP contribution in [-0.4, -0.2) is 13.1 Å². The Hall–Kier alpha value is -2.13. The van der Waals surface area contributed by atoms with Gasteiger partial charge in [-0.25, -0.2) is 0 Å². The van der Waals surface area contributed by atoms with Crippen molar-refractivity contribution in [2.45, 2.75) is 25.7 Å². The minimum absolute atomic E-state index is 1.23. The van der Waals surface area contributed by atoms with E-state index in [1.165, 1.54) is 59.6 Å². The summed E-state index contributed by atoms with van der Waals surface area (Å²) in [6, 6.07) is 13.5. The average Bonchev–Trinajstić information content (AvgIpc) is 2.97. The highest BCUT2D eigenvalue weighted by Gasteiger charge is 2.23. The summed E-state index contributed by atoms with van der Waals surface area (Å²) < 4.78 is 3.64. The second-order valence-electron chi connectivity index (χ2n) is 7.18. The molecule has 3 heteroatoms. The first-order valence-electron chi connectivity index (χ1n) is 9.26. The van der Waals surface area contributed by atoms with Gasteiger partial charge in [-0.3, -0.25) is 0 Å². The lowest BCUT2D eigenvalue weighted by molar-refractivity contribution is -0.642. The summed E-state index contributed by atoms with van der Waals surface area (Å²) in [5.41, 5.74) is 7.34. The maximum atomic E-state index is 2.61. The molecule has 3 heterocycles. The maximum Gasteiger partial charge on any atom is 0.262 e. The third kappa shape index (κ3) is 2.58. The topological polar surface area (TPSA) is 7.12 Å². The van der Waals surface area contributed by atoms with Gasteiger partial charge in [-0.15, -0.1) is 0 Å². The normalized spacial score (nSPS) is 16.6. The van der Waals surface area contributed by atoms with E-state index < -0.39 is 0 Å². The summed E-state index contributed by atoms with van der Waals surface area (Å²) >= 11 is 1.86. The first-order chi connectivity index (χ1) is 12.3. The average molecular weight is 348 g/mol. The van der Waals surface area contributed by atoms with Crippen molar-refractivity contribution in [3.63, 3.8) is 0 Å². The zero-order valence-corrected chi connectivity index (χ0v) is 15.5. The van der Waals surface area contributed by atoms with Gasteiger partial charge in [-0.2, -0.15) is 4.57 Å². The third-order valence-corrected chi connectivity index (χ3v) is 6.73. The molecule has 2 nitrogen and oxygen atoms in total. The summed E-state index contributed by atoms with van der Waals surface area (Å²) in [5, 5.41) is 1.30. The second-order valence-corrected chi connectivity index (χ2v) is 8.24. The van der Waals surface area contributed by atoms with Crippen molar-refractivity contribution in [2.75, 3.05) is 18.0 Å². The summed E-state index contributed by atoms with van der Waals surface area (Å²) in [4.78, 5) is 2.61. The molecule has 0 radical (unpaired) electrons. The molecule has 3 aromatic rings. The monoisotopic (exact) mass is 347 g/mol. The van der Waals surface area contributed by atoms with E-state index in [0.717, 1.165) is 0 Å². The van der Waals surface area contributed by atoms with Crippen molar-refractivity contribution in [2.24, 2.45) is 7.05 Å². The Morgan fingerprint density at radius 2 is 1.72 bits per heavy atom. The third-order valence-electron chi connectivity index (χ3n) is 5.54. The zero-order valence-electron chi connectivity index (χ0n) is 14.7. The Morgan fingerprint density at radius 1 is 1.00 bits per heavy atom. The van der Waals surface area contributed by atoms with Gasteiger partial charge < -0.3 is 4.90 Å². The number of nitrogens with zero attached hydrogens (tertiary/aromatic N) is 2. The number of rotatable bonds is 2. The van der Waals surface area contributed by atoms with Gasteiger partial charge in [0.2, 0.25) is 5.52 Å². The fourth-order valence-corrected chi connectivity index (χ4v) is 5.41. The van der Waals surface area contributed by atoms with Gasteiger partial charge in [0.25, 0.3) is 5.01 Å². The number of fused-ring (bicyclic) bond motifs is 1. The number of thiazole rings is 1. The van der Waals surface area contributed by atoms with Crippen LogP contribution in [0.4, 0.5) is 5.69 Å².